The van der Waals surface area contributed by atoms with Crippen LogP contribution in [-0.4, -0.2) is 40.4 Å². The molecule has 0 bridgehead atoms. The van der Waals surface area contributed by atoms with E-state index in [4.69, 9.17) is 29.4 Å². The molecule has 0 aliphatic heterocycles. The van der Waals surface area contributed by atoms with Crippen molar-refractivity contribution in [1.29, 1.82) is 0 Å². The molecular weight excluding hydrogens is 273 g/mol. The second-order valence-corrected chi connectivity index (χ2v) is 8.79. The highest BCUT2D eigenvalue weighted by molar-refractivity contribution is 7.72. The van der Waals surface area contributed by atoms with Crippen molar-refractivity contribution in [3.8, 4) is 0 Å². The molecule has 0 aromatic carbocycles. The first-order chi connectivity index (χ1) is 6.28. The molecule has 15 heavy (non-hydrogen) atoms. The highest BCUT2D eigenvalue weighted by Crippen LogP contribution is 2.66. The summed E-state index contributed by atoms with van der Waals surface area (Å²) in [5.74, 6) is 0. The Morgan fingerprint density at radius 2 is 1.00 bits per heavy atom. The number of hydrogen-bond donors (Lipinski definition) is 6. The standard InChI is InChI=1S/C3H11O9P3/c1-2(13(4,5)6)3(14(7,8)9)15(10,11)12/h2-3H,1H3,(H2,4,5,6)(H2,7,8,9)(H2,10,11,12). The summed E-state index contributed by atoms with van der Waals surface area (Å²) in [5, 5.41) is -2.69. The zero-order valence-corrected chi connectivity index (χ0v) is 10.1. The van der Waals surface area contributed by atoms with Gasteiger partial charge >= 0.3 is 22.8 Å². The predicted octanol–water partition coefficient (Wildman–Crippen LogP) is -0.766. The topological polar surface area (TPSA) is 173 Å². The van der Waals surface area contributed by atoms with Gasteiger partial charge < -0.3 is 29.4 Å². The van der Waals surface area contributed by atoms with E-state index in [2.05, 4.69) is 0 Å². The second-order valence-electron chi connectivity index (χ2n) is 2.92. The van der Waals surface area contributed by atoms with Gasteiger partial charge in [-0.3, -0.25) is 13.7 Å². The fraction of sp³-hybridized carbons (Fsp3) is 1.00. The van der Waals surface area contributed by atoms with Crippen LogP contribution in [0.25, 0.3) is 0 Å². The van der Waals surface area contributed by atoms with Gasteiger partial charge in [0.25, 0.3) is 0 Å². The molecule has 12 heteroatoms. The van der Waals surface area contributed by atoms with Crippen LogP contribution in [0.1, 0.15) is 6.92 Å². The molecule has 0 aromatic rings. The van der Waals surface area contributed by atoms with E-state index < -0.39 is 33.8 Å². The van der Waals surface area contributed by atoms with Crippen molar-refractivity contribution in [3.63, 3.8) is 0 Å². The van der Waals surface area contributed by atoms with Crippen molar-refractivity contribution in [3.05, 3.63) is 0 Å². The average molecular weight is 284 g/mol. The molecule has 92 valence electrons. The fourth-order valence-electron chi connectivity index (χ4n) is 0.932. The lowest BCUT2D eigenvalue weighted by molar-refractivity contribution is 0.320. The molecule has 0 saturated carbocycles. The molecule has 1 atom stereocenters. The summed E-state index contributed by atoms with van der Waals surface area (Å²) in [5.41, 5.74) is -2.13. The summed E-state index contributed by atoms with van der Waals surface area (Å²) in [4.78, 5) is 51.7. The Morgan fingerprint density at radius 3 is 1.07 bits per heavy atom. The van der Waals surface area contributed by atoms with Gasteiger partial charge in [0.2, 0.25) is 0 Å². The maximum absolute atomic E-state index is 10.7. The molecule has 0 spiro atoms. The first-order valence-electron chi connectivity index (χ1n) is 3.43. The van der Waals surface area contributed by atoms with E-state index in [1.165, 1.54) is 0 Å². The van der Waals surface area contributed by atoms with Gasteiger partial charge in [-0.1, -0.05) is 0 Å². The minimum absolute atomic E-state index is 0.670. The summed E-state index contributed by atoms with van der Waals surface area (Å²) < 4.78 is 32.1. The van der Waals surface area contributed by atoms with E-state index in [0.29, 0.717) is 6.92 Å². The average Bonchev–Trinajstić information content (AvgIpc) is 1.76. The van der Waals surface area contributed by atoms with Crippen LogP contribution in [-0.2, 0) is 13.7 Å². The molecule has 9 nitrogen and oxygen atoms in total. The summed E-state index contributed by atoms with van der Waals surface area (Å²) in [6.45, 7) is 0.670. The van der Waals surface area contributed by atoms with Crippen LogP contribution >= 0.6 is 22.8 Å². The molecule has 0 rings (SSSR count). The van der Waals surface area contributed by atoms with Crippen molar-refractivity contribution < 1.29 is 43.1 Å². The largest absolute Gasteiger partial charge is 0.341 e. The maximum atomic E-state index is 10.7. The second kappa shape index (κ2) is 4.37. The fourth-order valence-corrected chi connectivity index (χ4v) is 6.06. The van der Waals surface area contributed by atoms with E-state index >= 15 is 0 Å². The van der Waals surface area contributed by atoms with Crippen molar-refractivity contribution >= 4 is 22.8 Å². The predicted molar refractivity (Wildman–Crippen MR) is 49.4 cm³/mol. The van der Waals surface area contributed by atoms with Crippen LogP contribution in [0.5, 0.6) is 0 Å². The zero-order valence-electron chi connectivity index (χ0n) is 7.40. The maximum Gasteiger partial charge on any atom is 0.341 e. The first-order valence-corrected chi connectivity index (χ1v) is 8.48. The van der Waals surface area contributed by atoms with E-state index in [1.54, 1.807) is 0 Å². The molecule has 6 N–H and O–H groups in total. The molecule has 0 aromatic heterocycles. The van der Waals surface area contributed by atoms with Gasteiger partial charge in [-0.15, -0.1) is 0 Å². The van der Waals surface area contributed by atoms with Crippen LogP contribution in [0.4, 0.5) is 0 Å². The van der Waals surface area contributed by atoms with Gasteiger partial charge in [0.1, 0.15) is 0 Å². The minimum atomic E-state index is -5.31. The lowest BCUT2D eigenvalue weighted by Gasteiger charge is -2.25. The summed E-state index contributed by atoms with van der Waals surface area (Å²) >= 11 is 0. The van der Waals surface area contributed by atoms with E-state index in [0.717, 1.165) is 0 Å². The Kier molecular flexibility index (Phi) is 4.50. The highest BCUT2D eigenvalue weighted by Gasteiger charge is 2.52. The van der Waals surface area contributed by atoms with Gasteiger partial charge in [-0.2, -0.15) is 0 Å². The molecule has 0 saturated heterocycles. The van der Waals surface area contributed by atoms with Gasteiger partial charge in [0.15, 0.2) is 5.40 Å². The zero-order chi connectivity index (χ0) is 12.7. The third-order valence-electron chi connectivity index (χ3n) is 1.65. The molecule has 0 heterocycles. The minimum Gasteiger partial charge on any atom is -0.324 e. The van der Waals surface area contributed by atoms with Crippen LogP contribution < -0.4 is 0 Å². The third-order valence-corrected chi connectivity index (χ3v) is 7.56. The van der Waals surface area contributed by atoms with E-state index in [-0.39, 0.29) is 0 Å². The molecule has 0 radical (unpaired) electrons. The monoisotopic (exact) mass is 284 g/mol. The molecule has 0 aliphatic carbocycles. The lowest BCUT2D eigenvalue weighted by atomic mass is 10.5. The third kappa shape index (κ3) is 4.44. The Bertz CT molecular complexity index is 335. The normalized spacial score (nSPS) is 16.8. The molecular formula is C3H11O9P3. The van der Waals surface area contributed by atoms with Crippen LogP contribution in [0.3, 0.4) is 0 Å². The molecule has 0 fully saturated rings. The Balaban J connectivity index is 5.46. The first kappa shape index (κ1) is 15.4. The Labute approximate surface area is 84.6 Å². The van der Waals surface area contributed by atoms with Crippen LogP contribution in [0, 0.1) is 0 Å². The van der Waals surface area contributed by atoms with Crippen molar-refractivity contribution in [1.82, 2.24) is 0 Å². The Hall–Kier alpha value is 0.450. The summed E-state index contributed by atoms with van der Waals surface area (Å²) in [6, 6.07) is 0. The van der Waals surface area contributed by atoms with Gasteiger partial charge in [0, 0.05) is 0 Å². The smallest absolute Gasteiger partial charge is 0.324 e. The Morgan fingerprint density at radius 1 is 0.733 bits per heavy atom. The van der Waals surface area contributed by atoms with Crippen LogP contribution in [0.2, 0.25) is 0 Å². The van der Waals surface area contributed by atoms with Crippen molar-refractivity contribution in [2.24, 2.45) is 0 Å². The highest BCUT2D eigenvalue weighted by atomic mass is 31.2. The SMILES string of the molecule is CC(C(P(=O)(O)O)P(=O)(O)O)P(=O)(O)O. The van der Waals surface area contributed by atoms with E-state index in [9.17, 15) is 13.7 Å². The van der Waals surface area contributed by atoms with E-state index in [1.807, 2.05) is 0 Å². The summed E-state index contributed by atoms with van der Waals surface area (Å²) in [6.07, 6.45) is 0. The van der Waals surface area contributed by atoms with Crippen LogP contribution in [0.15, 0.2) is 0 Å². The van der Waals surface area contributed by atoms with Crippen molar-refractivity contribution in [2.75, 3.05) is 0 Å². The summed E-state index contributed by atoms with van der Waals surface area (Å²) in [7, 11) is -15.6. The molecule has 1 unspecified atom stereocenters. The van der Waals surface area contributed by atoms with Gasteiger partial charge in [0.05, 0.1) is 5.66 Å². The van der Waals surface area contributed by atoms with Crippen molar-refractivity contribution in [2.45, 2.75) is 18.0 Å². The quantitative estimate of drug-likeness (QED) is 0.362. The number of rotatable bonds is 4. The molecule has 0 aliphatic rings. The molecule has 0 amide bonds. The van der Waals surface area contributed by atoms with Gasteiger partial charge in [-0.05, 0) is 6.92 Å². The number of hydrogen-bond acceptors (Lipinski definition) is 3. The van der Waals surface area contributed by atoms with Gasteiger partial charge in [-0.25, -0.2) is 0 Å². The lowest BCUT2D eigenvalue weighted by Crippen LogP contribution is -2.23.